The van der Waals surface area contributed by atoms with E-state index in [4.69, 9.17) is 4.74 Å². The summed E-state index contributed by atoms with van der Waals surface area (Å²) in [6.07, 6.45) is 2.41. The van der Waals surface area contributed by atoms with Gasteiger partial charge in [-0.25, -0.2) is 0 Å². The van der Waals surface area contributed by atoms with Crippen molar-refractivity contribution in [2.45, 2.75) is 26.7 Å². The van der Waals surface area contributed by atoms with E-state index in [1.807, 2.05) is 0 Å². The lowest BCUT2D eigenvalue weighted by atomic mass is 10.3. The van der Waals surface area contributed by atoms with Crippen molar-refractivity contribution in [1.82, 2.24) is 10.2 Å². The molecule has 0 aromatic heterocycles. The number of hydrogen-bond donors (Lipinski definition) is 1. The van der Waals surface area contributed by atoms with Gasteiger partial charge in [0, 0.05) is 27.2 Å². The Bertz CT molecular complexity index is 171. The molecule has 90 valence electrons. The van der Waals surface area contributed by atoms with E-state index in [1.165, 1.54) is 12.8 Å². The number of rotatable bonds is 7. The van der Waals surface area contributed by atoms with Crippen LogP contribution in [0.25, 0.3) is 0 Å². The number of hydrogen-bond acceptors (Lipinski definition) is 2. The molecule has 0 rings (SSSR count). The molecule has 0 spiro atoms. The van der Waals surface area contributed by atoms with Crippen molar-refractivity contribution >= 4 is 5.96 Å². The van der Waals surface area contributed by atoms with Crippen LogP contribution in [0.4, 0.5) is 0 Å². The number of nitrogens with zero attached hydrogens (tertiary/aromatic N) is 2. The normalized spacial score (nSPS) is 11.6. The third-order valence-electron chi connectivity index (χ3n) is 2.10. The van der Waals surface area contributed by atoms with Crippen LogP contribution in [0.3, 0.4) is 0 Å². The smallest absolute Gasteiger partial charge is 0.193 e. The van der Waals surface area contributed by atoms with Crippen molar-refractivity contribution in [3.05, 3.63) is 0 Å². The first-order chi connectivity index (χ1) is 7.26. The third-order valence-corrected chi connectivity index (χ3v) is 2.10. The summed E-state index contributed by atoms with van der Waals surface area (Å²) in [5, 5.41) is 3.27. The van der Waals surface area contributed by atoms with Gasteiger partial charge in [-0.3, -0.25) is 4.99 Å². The maximum atomic E-state index is 4.98. The average molecular weight is 215 g/mol. The van der Waals surface area contributed by atoms with Crippen molar-refractivity contribution in [2.24, 2.45) is 4.99 Å². The van der Waals surface area contributed by atoms with Gasteiger partial charge in [-0.2, -0.15) is 0 Å². The summed E-state index contributed by atoms with van der Waals surface area (Å²) < 4.78 is 4.98. The lowest BCUT2D eigenvalue weighted by molar-refractivity contribution is 0.207. The van der Waals surface area contributed by atoms with E-state index >= 15 is 0 Å². The molecule has 0 saturated heterocycles. The largest absolute Gasteiger partial charge is 0.383 e. The molecule has 0 aliphatic heterocycles. The van der Waals surface area contributed by atoms with Gasteiger partial charge in [-0.05, 0) is 13.3 Å². The Balaban J connectivity index is 4.04. The average Bonchev–Trinajstić information content (AvgIpc) is 2.25. The summed E-state index contributed by atoms with van der Waals surface area (Å²) in [6, 6.07) is 0. The van der Waals surface area contributed by atoms with Crippen molar-refractivity contribution in [1.29, 1.82) is 0 Å². The first kappa shape index (κ1) is 14.2. The predicted molar refractivity (Wildman–Crippen MR) is 65.4 cm³/mol. The topological polar surface area (TPSA) is 36.9 Å². The highest BCUT2D eigenvalue weighted by Crippen LogP contribution is 1.93. The van der Waals surface area contributed by atoms with Crippen LogP contribution in [0.15, 0.2) is 4.99 Å². The Hall–Kier alpha value is -0.770. The first-order valence-corrected chi connectivity index (χ1v) is 5.74. The van der Waals surface area contributed by atoms with E-state index in [2.05, 4.69) is 36.1 Å². The fourth-order valence-corrected chi connectivity index (χ4v) is 1.21. The SMILES string of the molecule is CCCCN(C)C(=NCCOC)NCC. The fraction of sp³-hybridized carbons (Fsp3) is 0.909. The molecule has 0 aliphatic carbocycles. The Morgan fingerprint density at radius 2 is 2.13 bits per heavy atom. The van der Waals surface area contributed by atoms with Crippen LogP contribution in [0, 0.1) is 0 Å². The Morgan fingerprint density at radius 3 is 2.67 bits per heavy atom. The summed E-state index contributed by atoms with van der Waals surface area (Å²) in [4.78, 5) is 6.63. The Morgan fingerprint density at radius 1 is 1.40 bits per heavy atom. The second-order valence-corrected chi connectivity index (χ2v) is 3.50. The molecule has 0 amide bonds. The maximum Gasteiger partial charge on any atom is 0.193 e. The molecule has 0 saturated carbocycles. The maximum absolute atomic E-state index is 4.98. The first-order valence-electron chi connectivity index (χ1n) is 5.74. The molecule has 0 bridgehead atoms. The van der Waals surface area contributed by atoms with Gasteiger partial charge < -0.3 is 15.0 Å². The van der Waals surface area contributed by atoms with Crippen LogP contribution >= 0.6 is 0 Å². The molecular formula is C11H25N3O. The summed E-state index contributed by atoms with van der Waals surface area (Å²) >= 11 is 0. The number of ether oxygens (including phenoxy) is 1. The van der Waals surface area contributed by atoms with Crippen LogP contribution in [0.5, 0.6) is 0 Å². The standard InChI is InChI=1S/C11H25N3O/c1-5-7-9-14(3)11(12-6-2)13-8-10-15-4/h5-10H2,1-4H3,(H,12,13). The van der Waals surface area contributed by atoms with Gasteiger partial charge in [-0.15, -0.1) is 0 Å². The molecule has 0 aromatic rings. The molecule has 4 heteroatoms. The molecule has 4 nitrogen and oxygen atoms in total. The van der Waals surface area contributed by atoms with Gasteiger partial charge in [0.25, 0.3) is 0 Å². The minimum Gasteiger partial charge on any atom is -0.383 e. The minimum atomic E-state index is 0.677. The van der Waals surface area contributed by atoms with Gasteiger partial charge >= 0.3 is 0 Å². The number of unbranched alkanes of at least 4 members (excludes halogenated alkanes) is 1. The van der Waals surface area contributed by atoms with Crippen LogP contribution in [0.2, 0.25) is 0 Å². The minimum absolute atomic E-state index is 0.677. The lowest BCUT2D eigenvalue weighted by Gasteiger charge is -2.21. The quantitative estimate of drug-likeness (QED) is 0.395. The van der Waals surface area contributed by atoms with Crippen LogP contribution < -0.4 is 5.32 Å². The lowest BCUT2D eigenvalue weighted by Crippen LogP contribution is -2.39. The molecule has 0 heterocycles. The summed E-state index contributed by atoms with van der Waals surface area (Å²) in [5.41, 5.74) is 0. The van der Waals surface area contributed by atoms with Crippen molar-refractivity contribution in [2.75, 3.05) is 40.4 Å². The highest BCUT2D eigenvalue weighted by molar-refractivity contribution is 5.79. The molecule has 0 atom stereocenters. The molecule has 0 fully saturated rings. The monoisotopic (exact) mass is 215 g/mol. The molecule has 15 heavy (non-hydrogen) atoms. The van der Waals surface area contributed by atoms with Crippen LogP contribution in [-0.4, -0.2) is 51.3 Å². The second-order valence-electron chi connectivity index (χ2n) is 3.50. The number of nitrogens with one attached hydrogen (secondary N) is 1. The van der Waals surface area contributed by atoms with Crippen molar-refractivity contribution < 1.29 is 4.74 Å². The molecule has 0 radical (unpaired) electrons. The van der Waals surface area contributed by atoms with E-state index < -0.39 is 0 Å². The second kappa shape index (κ2) is 9.77. The Kier molecular flexibility index (Phi) is 9.27. The van der Waals surface area contributed by atoms with Gasteiger partial charge in [-0.1, -0.05) is 13.3 Å². The van der Waals surface area contributed by atoms with Crippen molar-refractivity contribution in [3.63, 3.8) is 0 Å². The van der Waals surface area contributed by atoms with Crippen LogP contribution in [-0.2, 0) is 4.74 Å². The van der Waals surface area contributed by atoms with E-state index in [9.17, 15) is 0 Å². The number of guanidine groups is 1. The van der Waals surface area contributed by atoms with Crippen molar-refractivity contribution in [3.8, 4) is 0 Å². The molecular weight excluding hydrogens is 190 g/mol. The fourth-order valence-electron chi connectivity index (χ4n) is 1.21. The summed E-state index contributed by atoms with van der Waals surface area (Å²) in [7, 11) is 3.77. The van der Waals surface area contributed by atoms with E-state index in [0.29, 0.717) is 6.61 Å². The molecule has 0 aliphatic rings. The summed E-state index contributed by atoms with van der Waals surface area (Å²) in [6.45, 7) is 7.63. The van der Waals surface area contributed by atoms with E-state index in [-0.39, 0.29) is 0 Å². The zero-order chi connectivity index (χ0) is 11.5. The third kappa shape index (κ3) is 7.19. The highest BCUT2D eigenvalue weighted by atomic mass is 16.5. The number of methoxy groups -OCH3 is 1. The van der Waals surface area contributed by atoms with Gasteiger partial charge in [0.15, 0.2) is 5.96 Å². The Labute approximate surface area is 93.7 Å². The summed E-state index contributed by atoms with van der Waals surface area (Å²) in [5.74, 6) is 0.975. The number of aliphatic imine (C=N–C) groups is 1. The zero-order valence-corrected chi connectivity index (χ0v) is 10.5. The predicted octanol–water partition coefficient (Wildman–Crippen LogP) is 1.33. The van der Waals surface area contributed by atoms with Gasteiger partial charge in [0.05, 0.1) is 13.2 Å². The highest BCUT2D eigenvalue weighted by Gasteiger charge is 2.03. The van der Waals surface area contributed by atoms with Gasteiger partial charge in [0.1, 0.15) is 0 Å². The molecule has 0 unspecified atom stereocenters. The van der Waals surface area contributed by atoms with E-state index in [0.717, 1.165) is 25.6 Å². The van der Waals surface area contributed by atoms with Gasteiger partial charge in [0.2, 0.25) is 0 Å². The van der Waals surface area contributed by atoms with Crippen LogP contribution in [0.1, 0.15) is 26.7 Å². The zero-order valence-electron chi connectivity index (χ0n) is 10.5. The van der Waals surface area contributed by atoms with E-state index in [1.54, 1.807) is 7.11 Å². The molecule has 0 aromatic carbocycles. The molecule has 1 N–H and O–H groups in total.